The van der Waals surface area contributed by atoms with Gasteiger partial charge in [-0.25, -0.2) is 9.78 Å². The Balaban J connectivity index is 0.00000225. The zero-order valence-corrected chi connectivity index (χ0v) is 35.2. The molecular weight excluding hydrogens is 727 g/mol. The molecule has 302 valence electrons. The summed E-state index contributed by atoms with van der Waals surface area (Å²) in [6.45, 7) is 22.6. The van der Waals surface area contributed by atoms with E-state index in [2.05, 4.69) is 55.6 Å². The molecular formula is C44H59N5O6S. The highest BCUT2D eigenvalue weighted by Gasteiger charge is 2.35. The van der Waals surface area contributed by atoms with Gasteiger partial charge in [-0.1, -0.05) is 60.6 Å². The zero-order chi connectivity index (χ0) is 41.5. The highest BCUT2D eigenvalue weighted by atomic mass is 32.2. The van der Waals surface area contributed by atoms with Gasteiger partial charge in [-0.15, -0.1) is 0 Å². The molecule has 12 heteroatoms. The van der Waals surface area contributed by atoms with Crippen LogP contribution in [0.1, 0.15) is 130 Å². The molecule has 0 aliphatic carbocycles. The number of carbonyl (C=O) groups excluding carboxylic acids is 1. The van der Waals surface area contributed by atoms with Gasteiger partial charge < -0.3 is 30.6 Å². The average molecular weight is 786 g/mol. The van der Waals surface area contributed by atoms with Crippen LogP contribution >= 0.6 is 11.8 Å². The first-order valence-corrected chi connectivity index (χ1v) is 20.7. The van der Waals surface area contributed by atoms with Gasteiger partial charge in [0.1, 0.15) is 0 Å². The van der Waals surface area contributed by atoms with E-state index in [4.69, 9.17) is 9.97 Å². The lowest BCUT2D eigenvalue weighted by molar-refractivity contribution is -0.137. The topological polar surface area (TPSA) is 181 Å². The third-order valence-corrected chi connectivity index (χ3v) is 11.9. The summed E-state index contributed by atoms with van der Waals surface area (Å²) in [7, 11) is 0. The number of hydrogen-bond donors (Lipinski definition) is 6. The smallest absolute Gasteiger partial charge is 0.338 e. The van der Waals surface area contributed by atoms with Gasteiger partial charge in [-0.3, -0.25) is 14.6 Å². The minimum atomic E-state index is -1.17. The minimum Gasteiger partial charge on any atom is -0.481 e. The quantitative estimate of drug-likeness (QED) is 0.0871. The number of carboxylic acid groups (broad SMARTS) is 2. The Kier molecular flexibility index (Phi) is 14.9. The molecule has 0 aromatic carbocycles. The monoisotopic (exact) mass is 785 g/mol. The van der Waals surface area contributed by atoms with Crippen LogP contribution in [0.25, 0.3) is 39.3 Å². The standard InChI is InChI=1S/C41H51N5O6S.C3H8/c1-9-25-21(3)29-16-31-23(5)27(11-12-36(49)50)38(45-31)28(15-35(48)42-13-14-53-20-41(7,8)19-47)39-37(40(51)52)24(6)32(46-39)18-34-26(10-2)22(4)30(44-34)17-33(25)43-29;1-3-2/h9,16-18,23,27,43-44,47H,1,10-15,19-20H2,2-8H3,(H,42,48)(H,49,50)(H,51,52);3H2,1-2H3. The van der Waals surface area contributed by atoms with E-state index in [1.165, 1.54) is 6.42 Å². The SMILES string of the molecule is C=Cc1c(C)c2cc3nc(c(CC(=O)NCCSCC(C)(C)CO)c4nc(cc5[nH]c(cc1[nH]2)c(C)c5CC)C(C)=C4C(=O)O)C(CCC(=O)O)C3C.CCC. The number of amides is 1. The number of thioether (sulfide) groups is 1. The second-order valence-electron chi connectivity index (χ2n) is 15.5. The third kappa shape index (κ3) is 9.81. The number of aliphatic carboxylic acids is 2. The Morgan fingerprint density at radius 3 is 2.23 bits per heavy atom. The first kappa shape index (κ1) is 44.0. The Morgan fingerprint density at radius 2 is 1.62 bits per heavy atom. The molecule has 8 bridgehead atoms. The number of aryl methyl sites for hydroxylation is 3. The van der Waals surface area contributed by atoms with E-state index < -0.39 is 17.9 Å². The molecule has 0 saturated carbocycles. The van der Waals surface area contributed by atoms with Gasteiger partial charge in [-0.05, 0) is 79.5 Å². The van der Waals surface area contributed by atoms with Crippen molar-refractivity contribution in [3.05, 3.63) is 75.4 Å². The lowest BCUT2D eigenvalue weighted by Gasteiger charge is -2.20. The number of fused-ring (bicyclic) bond motifs is 8. The molecule has 2 unspecified atom stereocenters. The lowest BCUT2D eigenvalue weighted by atomic mass is 9.84. The van der Waals surface area contributed by atoms with Gasteiger partial charge in [0.2, 0.25) is 5.91 Å². The highest BCUT2D eigenvalue weighted by Crippen LogP contribution is 2.43. The summed E-state index contributed by atoms with van der Waals surface area (Å²) in [5, 5.41) is 33.0. The number of allylic oxidation sites excluding steroid dienone is 1. The molecule has 5 heterocycles. The van der Waals surface area contributed by atoms with Crippen molar-refractivity contribution in [3.63, 3.8) is 0 Å². The number of carboxylic acids is 2. The van der Waals surface area contributed by atoms with E-state index in [9.17, 15) is 29.7 Å². The molecule has 2 aliphatic rings. The fourth-order valence-corrected chi connectivity index (χ4v) is 8.29. The Morgan fingerprint density at radius 1 is 0.964 bits per heavy atom. The molecule has 0 radical (unpaired) electrons. The molecule has 3 aromatic heterocycles. The van der Waals surface area contributed by atoms with Crippen LogP contribution in [0.4, 0.5) is 0 Å². The molecule has 1 amide bonds. The number of rotatable bonds is 14. The number of H-pyrrole nitrogens is 2. The molecule has 11 nitrogen and oxygen atoms in total. The second kappa shape index (κ2) is 19.0. The van der Waals surface area contributed by atoms with Gasteiger partial charge in [0.15, 0.2) is 0 Å². The summed E-state index contributed by atoms with van der Waals surface area (Å²) >= 11 is 1.63. The highest BCUT2D eigenvalue weighted by molar-refractivity contribution is 7.99. The lowest BCUT2D eigenvalue weighted by Crippen LogP contribution is -2.29. The fourth-order valence-electron chi connectivity index (χ4n) is 7.25. The van der Waals surface area contributed by atoms with Crippen molar-refractivity contribution in [1.29, 1.82) is 0 Å². The molecule has 5 rings (SSSR count). The first-order valence-electron chi connectivity index (χ1n) is 19.5. The van der Waals surface area contributed by atoms with Crippen molar-refractivity contribution in [2.45, 2.75) is 106 Å². The van der Waals surface area contributed by atoms with Gasteiger partial charge >= 0.3 is 11.9 Å². The van der Waals surface area contributed by atoms with Crippen molar-refractivity contribution >= 4 is 68.9 Å². The van der Waals surface area contributed by atoms with E-state index in [1.54, 1.807) is 18.7 Å². The zero-order valence-electron chi connectivity index (χ0n) is 34.4. The number of aliphatic hydroxyl groups is 1. The van der Waals surface area contributed by atoms with Gasteiger partial charge in [0.25, 0.3) is 0 Å². The molecule has 0 fully saturated rings. The van der Waals surface area contributed by atoms with Crippen LogP contribution in [0, 0.1) is 19.3 Å². The number of nitrogens with zero attached hydrogens (tertiary/aromatic N) is 2. The predicted molar refractivity (Wildman–Crippen MR) is 229 cm³/mol. The number of aromatic nitrogens is 4. The fraction of sp³-hybridized carbons (Fsp3) is 0.477. The molecule has 0 spiro atoms. The Labute approximate surface area is 334 Å². The van der Waals surface area contributed by atoms with Crippen LogP contribution in [0.2, 0.25) is 0 Å². The normalized spacial score (nSPS) is 15.3. The van der Waals surface area contributed by atoms with Crippen molar-refractivity contribution in [2.24, 2.45) is 5.41 Å². The van der Waals surface area contributed by atoms with Crippen molar-refractivity contribution < 1.29 is 29.7 Å². The molecule has 56 heavy (non-hydrogen) atoms. The van der Waals surface area contributed by atoms with E-state index in [1.807, 2.05) is 45.9 Å². The largest absolute Gasteiger partial charge is 0.481 e. The number of carbonyl (C=O) groups is 3. The Bertz CT molecular complexity index is 2180. The maximum Gasteiger partial charge on any atom is 0.338 e. The number of nitrogens with one attached hydrogen (secondary N) is 3. The minimum absolute atomic E-state index is 0.0110. The van der Waals surface area contributed by atoms with E-state index in [0.717, 1.165) is 56.5 Å². The molecule has 0 saturated heterocycles. The van der Waals surface area contributed by atoms with Crippen molar-refractivity contribution in [2.75, 3.05) is 24.7 Å². The van der Waals surface area contributed by atoms with Crippen molar-refractivity contribution in [3.8, 4) is 0 Å². The number of aromatic amines is 2. The summed E-state index contributed by atoms with van der Waals surface area (Å²) in [4.78, 5) is 55.9. The van der Waals surface area contributed by atoms with Crippen LogP contribution in [0.15, 0.2) is 24.8 Å². The maximum absolute atomic E-state index is 13.8. The summed E-state index contributed by atoms with van der Waals surface area (Å²) in [5.74, 6) is -1.77. The van der Waals surface area contributed by atoms with Crippen LogP contribution in [-0.2, 0) is 27.2 Å². The third-order valence-electron chi connectivity index (χ3n) is 10.4. The Hall–Kier alpha value is -4.68. The van der Waals surface area contributed by atoms with Crippen LogP contribution < -0.4 is 5.32 Å². The predicted octanol–water partition coefficient (Wildman–Crippen LogP) is 8.73. The van der Waals surface area contributed by atoms with Crippen LogP contribution in [0.5, 0.6) is 0 Å². The summed E-state index contributed by atoms with van der Waals surface area (Å²) in [6, 6.07) is 5.89. The van der Waals surface area contributed by atoms with E-state index in [0.29, 0.717) is 40.5 Å². The summed E-state index contributed by atoms with van der Waals surface area (Å²) < 4.78 is 0. The first-order chi connectivity index (χ1) is 26.5. The number of hydrogen-bond acceptors (Lipinski definition) is 7. The van der Waals surface area contributed by atoms with Crippen molar-refractivity contribution in [1.82, 2.24) is 25.3 Å². The van der Waals surface area contributed by atoms with Crippen LogP contribution in [0.3, 0.4) is 0 Å². The molecule has 3 aromatic rings. The average Bonchev–Trinajstić information content (AvgIpc) is 3.82. The van der Waals surface area contributed by atoms with Gasteiger partial charge in [-0.2, -0.15) is 11.8 Å². The summed E-state index contributed by atoms with van der Waals surface area (Å²) in [6.07, 6.45) is 3.71. The summed E-state index contributed by atoms with van der Waals surface area (Å²) in [5.41, 5.74) is 9.83. The van der Waals surface area contributed by atoms with Gasteiger partial charge in [0.05, 0.1) is 29.1 Å². The molecule has 6 N–H and O–H groups in total. The maximum atomic E-state index is 13.8. The van der Waals surface area contributed by atoms with Crippen LogP contribution in [-0.4, -0.2) is 77.8 Å². The second-order valence-corrected chi connectivity index (χ2v) is 16.6. The van der Waals surface area contributed by atoms with E-state index >= 15 is 0 Å². The van der Waals surface area contributed by atoms with E-state index in [-0.39, 0.29) is 54.4 Å². The number of aliphatic hydroxyl groups excluding tert-OH is 1. The molecule has 2 aliphatic heterocycles. The molecule has 2 atom stereocenters. The van der Waals surface area contributed by atoms with Gasteiger partial charge in [0, 0.05) is 81.8 Å².